The van der Waals surface area contributed by atoms with E-state index in [1.165, 1.54) is 5.69 Å². The Bertz CT molecular complexity index is 869. The zero-order valence-electron chi connectivity index (χ0n) is 13.5. The van der Waals surface area contributed by atoms with Gasteiger partial charge >= 0.3 is 0 Å². The van der Waals surface area contributed by atoms with Gasteiger partial charge in [-0.2, -0.15) is 0 Å². The summed E-state index contributed by atoms with van der Waals surface area (Å²) in [6.45, 7) is 6.92. The van der Waals surface area contributed by atoms with Crippen molar-refractivity contribution in [3.05, 3.63) is 54.1 Å². The van der Waals surface area contributed by atoms with Crippen molar-refractivity contribution in [1.29, 1.82) is 0 Å². The van der Waals surface area contributed by atoms with Crippen molar-refractivity contribution in [2.45, 2.75) is 20.5 Å². The maximum atomic E-state index is 6.01. The van der Waals surface area contributed by atoms with Crippen molar-refractivity contribution >= 4 is 16.6 Å². The number of fused-ring (bicyclic) bond motifs is 4. The van der Waals surface area contributed by atoms with Gasteiger partial charge in [-0.3, -0.25) is 0 Å². The maximum absolute atomic E-state index is 6.01. The van der Waals surface area contributed by atoms with Crippen LogP contribution < -0.4 is 9.64 Å². The highest BCUT2D eigenvalue weighted by Gasteiger charge is 2.20. The van der Waals surface area contributed by atoms with E-state index in [-0.39, 0.29) is 0 Å². The van der Waals surface area contributed by atoms with Crippen LogP contribution in [0.25, 0.3) is 22.2 Å². The first-order valence-corrected chi connectivity index (χ1v) is 8.21. The minimum Gasteiger partial charge on any atom is -0.488 e. The van der Waals surface area contributed by atoms with Gasteiger partial charge < -0.3 is 9.64 Å². The van der Waals surface area contributed by atoms with Gasteiger partial charge in [0.15, 0.2) is 0 Å². The van der Waals surface area contributed by atoms with E-state index in [0.717, 1.165) is 46.6 Å². The van der Waals surface area contributed by atoms with E-state index in [0.29, 0.717) is 6.61 Å². The lowest BCUT2D eigenvalue weighted by Crippen LogP contribution is -2.22. The second-order valence-electron chi connectivity index (χ2n) is 5.83. The van der Waals surface area contributed by atoms with Crippen molar-refractivity contribution in [3.8, 4) is 17.0 Å². The Labute approximate surface area is 136 Å². The zero-order chi connectivity index (χ0) is 15.8. The molecule has 0 atom stereocenters. The minimum atomic E-state index is 0.585. The van der Waals surface area contributed by atoms with Crippen LogP contribution in [0.3, 0.4) is 0 Å². The highest BCUT2D eigenvalue weighted by atomic mass is 16.5. The smallest absolute Gasteiger partial charge is 0.131 e. The lowest BCUT2D eigenvalue weighted by Gasteiger charge is -2.25. The average molecular weight is 304 g/mol. The second kappa shape index (κ2) is 5.58. The molecule has 1 aliphatic rings. The van der Waals surface area contributed by atoms with Gasteiger partial charge in [0.25, 0.3) is 0 Å². The Hall–Kier alpha value is -2.55. The van der Waals surface area contributed by atoms with Gasteiger partial charge in [0.2, 0.25) is 0 Å². The number of benzene rings is 2. The third kappa shape index (κ3) is 2.33. The third-order valence-electron chi connectivity index (χ3n) is 4.53. The van der Waals surface area contributed by atoms with Crippen LogP contribution in [0.1, 0.15) is 19.4 Å². The van der Waals surface area contributed by atoms with Crippen LogP contribution in [0.4, 0.5) is 5.69 Å². The third-order valence-corrected chi connectivity index (χ3v) is 4.53. The van der Waals surface area contributed by atoms with Gasteiger partial charge in [-0.1, -0.05) is 18.2 Å². The number of rotatable bonds is 3. The molecule has 3 nitrogen and oxygen atoms in total. The summed E-state index contributed by atoms with van der Waals surface area (Å²) >= 11 is 0. The molecule has 0 N–H and O–H groups in total. The van der Waals surface area contributed by atoms with Crippen molar-refractivity contribution in [2.24, 2.45) is 0 Å². The van der Waals surface area contributed by atoms with Gasteiger partial charge in [-0.15, -0.1) is 0 Å². The molecule has 2 aromatic carbocycles. The molecule has 0 fully saturated rings. The number of para-hydroxylation sites is 1. The molecule has 3 aromatic rings. The predicted octanol–water partition coefficient (Wildman–Crippen LogP) is 4.64. The second-order valence-corrected chi connectivity index (χ2v) is 5.83. The fourth-order valence-corrected chi connectivity index (χ4v) is 3.27. The molecular formula is C20H20N2O. The Morgan fingerprint density at radius 3 is 2.70 bits per heavy atom. The first-order valence-electron chi connectivity index (χ1n) is 8.21. The Balaban J connectivity index is 1.84. The number of aromatic nitrogens is 1. The van der Waals surface area contributed by atoms with Gasteiger partial charge in [-0.25, -0.2) is 4.98 Å². The Morgan fingerprint density at radius 2 is 1.87 bits per heavy atom. The van der Waals surface area contributed by atoms with E-state index in [4.69, 9.17) is 9.72 Å². The fraction of sp³-hybridized carbons (Fsp3) is 0.250. The number of nitrogens with zero attached hydrogens (tertiary/aromatic N) is 2. The number of hydrogen-bond acceptors (Lipinski definition) is 3. The zero-order valence-corrected chi connectivity index (χ0v) is 13.5. The molecule has 0 bridgehead atoms. The molecule has 23 heavy (non-hydrogen) atoms. The highest BCUT2D eigenvalue weighted by molar-refractivity contribution is 5.85. The maximum Gasteiger partial charge on any atom is 0.131 e. The van der Waals surface area contributed by atoms with Crippen LogP contribution in [0, 0.1) is 0 Å². The minimum absolute atomic E-state index is 0.585. The summed E-state index contributed by atoms with van der Waals surface area (Å²) in [4.78, 5) is 7.20. The molecule has 0 amide bonds. The van der Waals surface area contributed by atoms with E-state index >= 15 is 0 Å². The SMILES string of the molecule is CCN(CC)c1ccc2c(c1)OCc1cc3ccccc3nc1-2. The van der Waals surface area contributed by atoms with E-state index in [1.54, 1.807) is 0 Å². The van der Waals surface area contributed by atoms with Crippen molar-refractivity contribution in [1.82, 2.24) is 4.98 Å². The van der Waals surface area contributed by atoms with Crippen molar-refractivity contribution < 1.29 is 4.74 Å². The summed E-state index contributed by atoms with van der Waals surface area (Å²) in [6.07, 6.45) is 0. The van der Waals surface area contributed by atoms with Gasteiger partial charge in [0.1, 0.15) is 12.4 Å². The summed E-state index contributed by atoms with van der Waals surface area (Å²) in [5, 5.41) is 1.16. The molecule has 0 spiro atoms. The standard InChI is InChI=1S/C20H20N2O/c1-3-22(4-2)16-9-10-17-19(12-16)23-13-15-11-14-7-5-6-8-18(14)21-20(15)17/h5-12H,3-4,13H2,1-2H3. The summed E-state index contributed by atoms with van der Waals surface area (Å²) in [5.41, 5.74) is 5.54. The van der Waals surface area contributed by atoms with E-state index in [2.05, 4.69) is 55.1 Å². The summed E-state index contributed by atoms with van der Waals surface area (Å²) in [7, 11) is 0. The van der Waals surface area contributed by atoms with E-state index in [1.807, 2.05) is 12.1 Å². The lowest BCUT2D eigenvalue weighted by molar-refractivity contribution is 0.302. The highest BCUT2D eigenvalue weighted by Crippen LogP contribution is 2.39. The van der Waals surface area contributed by atoms with Crippen LogP contribution >= 0.6 is 0 Å². The monoisotopic (exact) mass is 304 g/mol. The molecule has 1 aromatic heterocycles. The van der Waals surface area contributed by atoms with E-state index in [9.17, 15) is 0 Å². The topological polar surface area (TPSA) is 25.4 Å². The number of pyridine rings is 1. The Morgan fingerprint density at radius 1 is 1.04 bits per heavy atom. The molecule has 2 heterocycles. The molecule has 0 unspecified atom stereocenters. The van der Waals surface area contributed by atoms with Crippen LogP contribution in [-0.4, -0.2) is 18.1 Å². The summed E-state index contributed by atoms with van der Waals surface area (Å²) < 4.78 is 6.01. The van der Waals surface area contributed by atoms with Crippen LogP contribution in [0.2, 0.25) is 0 Å². The Kier molecular flexibility index (Phi) is 3.41. The summed E-state index contributed by atoms with van der Waals surface area (Å²) in [6, 6.07) is 16.9. The van der Waals surface area contributed by atoms with Gasteiger partial charge in [0.05, 0.1) is 11.2 Å². The number of hydrogen-bond donors (Lipinski definition) is 0. The first kappa shape index (κ1) is 14.1. The molecule has 1 aliphatic heterocycles. The molecule has 0 aliphatic carbocycles. The van der Waals surface area contributed by atoms with Crippen molar-refractivity contribution in [3.63, 3.8) is 0 Å². The average Bonchev–Trinajstić information content (AvgIpc) is 2.61. The number of anilines is 1. The number of ether oxygens (including phenoxy) is 1. The van der Waals surface area contributed by atoms with Crippen LogP contribution in [0.15, 0.2) is 48.5 Å². The summed E-state index contributed by atoms with van der Waals surface area (Å²) in [5.74, 6) is 0.935. The quantitative estimate of drug-likeness (QED) is 0.705. The molecule has 0 saturated carbocycles. The van der Waals surface area contributed by atoms with Crippen LogP contribution in [0.5, 0.6) is 5.75 Å². The molecule has 4 rings (SSSR count). The largest absolute Gasteiger partial charge is 0.488 e. The molecule has 0 saturated heterocycles. The molecule has 3 heteroatoms. The molecule has 116 valence electrons. The normalized spacial score (nSPS) is 12.4. The van der Waals surface area contributed by atoms with Gasteiger partial charge in [0, 0.05) is 41.4 Å². The molecular weight excluding hydrogens is 284 g/mol. The van der Waals surface area contributed by atoms with E-state index < -0.39 is 0 Å². The van der Waals surface area contributed by atoms with Crippen LogP contribution in [-0.2, 0) is 6.61 Å². The lowest BCUT2D eigenvalue weighted by atomic mass is 10.00. The first-order chi connectivity index (χ1) is 11.3. The predicted molar refractivity (Wildman–Crippen MR) is 95.1 cm³/mol. The van der Waals surface area contributed by atoms with Gasteiger partial charge in [-0.05, 0) is 38.1 Å². The fourth-order valence-electron chi connectivity index (χ4n) is 3.27. The molecule has 0 radical (unpaired) electrons. The van der Waals surface area contributed by atoms with Crippen molar-refractivity contribution in [2.75, 3.05) is 18.0 Å².